The van der Waals surface area contributed by atoms with E-state index in [1.807, 2.05) is 29.7 Å². The molecule has 0 bridgehead atoms. The number of aryl methyl sites for hydroxylation is 1. The quantitative estimate of drug-likeness (QED) is 0.892. The maximum absolute atomic E-state index is 11.9. The van der Waals surface area contributed by atoms with Crippen LogP contribution in [0.1, 0.15) is 30.8 Å². The summed E-state index contributed by atoms with van der Waals surface area (Å²) in [5, 5.41) is 10.3. The standard InChI is InChI=1S/C18H24N2O2/c1-4-19(5-2)13-16-18(22)17(21)11-14(3)20(16)12-15-9-7-6-8-10-15/h6-11,22H,4-5,12-13H2,1-3H3. The Bertz CT molecular complexity index is 673. The van der Waals surface area contributed by atoms with E-state index in [9.17, 15) is 9.90 Å². The van der Waals surface area contributed by atoms with Crippen LogP contribution in [-0.2, 0) is 13.1 Å². The van der Waals surface area contributed by atoms with Crippen molar-refractivity contribution in [3.8, 4) is 5.75 Å². The van der Waals surface area contributed by atoms with E-state index in [4.69, 9.17) is 0 Å². The van der Waals surface area contributed by atoms with Gasteiger partial charge in [0.2, 0.25) is 5.43 Å². The Hall–Kier alpha value is -2.07. The van der Waals surface area contributed by atoms with E-state index in [1.54, 1.807) is 0 Å². The van der Waals surface area contributed by atoms with Crippen molar-refractivity contribution in [3.63, 3.8) is 0 Å². The van der Waals surface area contributed by atoms with Gasteiger partial charge in [-0.1, -0.05) is 44.2 Å². The van der Waals surface area contributed by atoms with Gasteiger partial charge >= 0.3 is 0 Å². The zero-order valence-corrected chi connectivity index (χ0v) is 13.5. The molecule has 0 fully saturated rings. The van der Waals surface area contributed by atoms with Crippen LogP contribution < -0.4 is 5.43 Å². The predicted molar refractivity (Wildman–Crippen MR) is 89.3 cm³/mol. The fourth-order valence-electron chi connectivity index (χ4n) is 2.62. The number of rotatable bonds is 6. The molecule has 4 nitrogen and oxygen atoms in total. The van der Waals surface area contributed by atoms with Crippen molar-refractivity contribution in [2.75, 3.05) is 13.1 Å². The van der Waals surface area contributed by atoms with Crippen LogP contribution >= 0.6 is 0 Å². The van der Waals surface area contributed by atoms with E-state index < -0.39 is 0 Å². The van der Waals surface area contributed by atoms with Crippen LogP contribution in [0, 0.1) is 6.92 Å². The number of nitrogens with zero attached hydrogens (tertiary/aromatic N) is 2. The van der Waals surface area contributed by atoms with E-state index in [-0.39, 0.29) is 11.2 Å². The zero-order valence-electron chi connectivity index (χ0n) is 13.5. The average Bonchev–Trinajstić information content (AvgIpc) is 2.53. The van der Waals surface area contributed by atoms with Crippen molar-refractivity contribution in [3.05, 3.63) is 63.6 Å². The molecule has 118 valence electrons. The first-order chi connectivity index (χ1) is 10.6. The summed E-state index contributed by atoms with van der Waals surface area (Å²) in [6.07, 6.45) is 0. The maximum Gasteiger partial charge on any atom is 0.223 e. The lowest BCUT2D eigenvalue weighted by Gasteiger charge is -2.23. The van der Waals surface area contributed by atoms with Gasteiger partial charge in [0.05, 0.1) is 5.69 Å². The summed E-state index contributed by atoms with van der Waals surface area (Å²) in [5.41, 5.74) is 2.41. The number of aromatic nitrogens is 1. The van der Waals surface area contributed by atoms with Crippen LogP contribution in [0.4, 0.5) is 0 Å². The minimum atomic E-state index is -0.302. The Morgan fingerprint density at radius 1 is 1.14 bits per heavy atom. The molecule has 1 N–H and O–H groups in total. The van der Waals surface area contributed by atoms with Crippen LogP contribution in [0.3, 0.4) is 0 Å². The molecule has 4 heteroatoms. The second kappa shape index (κ2) is 7.27. The molecule has 0 aliphatic heterocycles. The summed E-state index contributed by atoms with van der Waals surface area (Å²) >= 11 is 0. The lowest BCUT2D eigenvalue weighted by Crippen LogP contribution is -2.27. The Labute approximate surface area is 131 Å². The van der Waals surface area contributed by atoms with Gasteiger partial charge in [-0.25, -0.2) is 0 Å². The van der Waals surface area contributed by atoms with E-state index in [1.165, 1.54) is 6.07 Å². The second-order valence-electron chi connectivity index (χ2n) is 5.48. The molecular formula is C18H24N2O2. The SMILES string of the molecule is CCN(CC)Cc1c(O)c(=O)cc(C)n1Cc1ccccc1. The Morgan fingerprint density at radius 3 is 2.36 bits per heavy atom. The normalized spacial score (nSPS) is 11.1. The van der Waals surface area contributed by atoms with Crippen LogP contribution in [0.5, 0.6) is 5.75 Å². The topological polar surface area (TPSA) is 45.5 Å². The van der Waals surface area contributed by atoms with E-state index in [2.05, 4.69) is 30.9 Å². The number of pyridine rings is 1. The first-order valence-corrected chi connectivity index (χ1v) is 7.75. The largest absolute Gasteiger partial charge is 0.503 e. The summed E-state index contributed by atoms with van der Waals surface area (Å²) < 4.78 is 2.03. The molecule has 0 saturated heterocycles. The molecule has 22 heavy (non-hydrogen) atoms. The monoisotopic (exact) mass is 300 g/mol. The number of hydrogen-bond donors (Lipinski definition) is 1. The van der Waals surface area contributed by atoms with E-state index in [0.717, 1.165) is 24.3 Å². The molecule has 1 aromatic heterocycles. The van der Waals surface area contributed by atoms with Crippen LogP contribution in [0.2, 0.25) is 0 Å². The van der Waals surface area contributed by atoms with Gasteiger partial charge in [-0.05, 0) is 25.6 Å². The highest BCUT2D eigenvalue weighted by molar-refractivity contribution is 5.31. The molecule has 0 radical (unpaired) electrons. The number of aromatic hydroxyl groups is 1. The van der Waals surface area contributed by atoms with Gasteiger partial charge in [0.1, 0.15) is 0 Å². The van der Waals surface area contributed by atoms with Crippen LogP contribution in [0.15, 0.2) is 41.2 Å². The Balaban J connectivity index is 2.47. The molecule has 1 heterocycles. The molecule has 2 rings (SSSR count). The third-order valence-electron chi connectivity index (χ3n) is 4.05. The highest BCUT2D eigenvalue weighted by Gasteiger charge is 2.15. The summed E-state index contributed by atoms with van der Waals surface area (Å²) in [6, 6.07) is 11.6. The summed E-state index contributed by atoms with van der Waals surface area (Å²) in [4.78, 5) is 14.1. The smallest absolute Gasteiger partial charge is 0.223 e. The minimum Gasteiger partial charge on any atom is -0.503 e. The first-order valence-electron chi connectivity index (χ1n) is 7.75. The zero-order chi connectivity index (χ0) is 16.1. The van der Waals surface area contributed by atoms with Crippen molar-refractivity contribution in [1.82, 2.24) is 9.47 Å². The third kappa shape index (κ3) is 3.57. The van der Waals surface area contributed by atoms with Gasteiger partial charge in [-0.15, -0.1) is 0 Å². The number of hydrogen-bond acceptors (Lipinski definition) is 3. The van der Waals surface area contributed by atoms with E-state index in [0.29, 0.717) is 18.8 Å². The molecule has 0 saturated carbocycles. The summed E-state index contributed by atoms with van der Waals surface area (Å²) in [6.45, 7) is 9.05. The number of benzene rings is 1. The van der Waals surface area contributed by atoms with Crippen molar-refractivity contribution in [2.24, 2.45) is 0 Å². The molecule has 0 atom stereocenters. The molecule has 0 aliphatic rings. The van der Waals surface area contributed by atoms with Gasteiger partial charge < -0.3 is 9.67 Å². The van der Waals surface area contributed by atoms with Crippen molar-refractivity contribution in [2.45, 2.75) is 33.9 Å². The lowest BCUT2D eigenvalue weighted by atomic mass is 10.2. The first kappa shape index (κ1) is 16.3. The van der Waals surface area contributed by atoms with Crippen molar-refractivity contribution in [1.29, 1.82) is 0 Å². The predicted octanol–water partition coefficient (Wildman–Crippen LogP) is 2.75. The van der Waals surface area contributed by atoms with Gasteiger partial charge in [0, 0.05) is 24.8 Å². The van der Waals surface area contributed by atoms with Gasteiger partial charge in [-0.2, -0.15) is 0 Å². The minimum absolute atomic E-state index is 0.131. The van der Waals surface area contributed by atoms with Gasteiger partial charge in [0.15, 0.2) is 5.75 Å². The van der Waals surface area contributed by atoms with Crippen molar-refractivity contribution < 1.29 is 5.11 Å². The molecule has 1 aromatic carbocycles. The van der Waals surface area contributed by atoms with Gasteiger partial charge in [-0.3, -0.25) is 9.69 Å². The molecule has 0 spiro atoms. The Morgan fingerprint density at radius 2 is 1.77 bits per heavy atom. The van der Waals surface area contributed by atoms with Gasteiger partial charge in [0.25, 0.3) is 0 Å². The summed E-state index contributed by atoms with van der Waals surface area (Å²) in [5.74, 6) is -0.131. The molecule has 0 unspecified atom stereocenters. The lowest BCUT2D eigenvalue weighted by molar-refractivity contribution is 0.280. The van der Waals surface area contributed by atoms with E-state index >= 15 is 0 Å². The summed E-state index contributed by atoms with van der Waals surface area (Å²) in [7, 11) is 0. The van der Waals surface area contributed by atoms with Crippen LogP contribution in [-0.4, -0.2) is 27.7 Å². The van der Waals surface area contributed by atoms with Crippen molar-refractivity contribution >= 4 is 0 Å². The second-order valence-corrected chi connectivity index (χ2v) is 5.48. The highest BCUT2D eigenvalue weighted by atomic mass is 16.3. The fourth-order valence-corrected chi connectivity index (χ4v) is 2.62. The maximum atomic E-state index is 11.9. The highest BCUT2D eigenvalue weighted by Crippen LogP contribution is 2.18. The molecule has 2 aromatic rings. The third-order valence-corrected chi connectivity index (χ3v) is 4.05. The molecule has 0 amide bonds. The average molecular weight is 300 g/mol. The van der Waals surface area contributed by atoms with Crippen LogP contribution in [0.25, 0.3) is 0 Å². The molecular weight excluding hydrogens is 276 g/mol. The molecule has 0 aliphatic carbocycles. The Kier molecular flexibility index (Phi) is 5.39. The fraction of sp³-hybridized carbons (Fsp3) is 0.389.